The minimum absolute atomic E-state index is 0.0298. The number of aliphatic carboxylic acids is 1. The van der Waals surface area contributed by atoms with Gasteiger partial charge in [0.05, 0.1) is 0 Å². The highest BCUT2D eigenvalue weighted by Gasteiger charge is 2.16. The maximum atomic E-state index is 11.1. The molecule has 86 valence electrons. The Morgan fingerprint density at radius 1 is 1.20 bits per heavy atom. The van der Waals surface area contributed by atoms with Crippen LogP contribution in [0.25, 0.3) is 0 Å². The van der Waals surface area contributed by atoms with Crippen molar-refractivity contribution < 1.29 is 19.5 Å². The zero-order valence-corrected chi connectivity index (χ0v) is 9.08. The van der Waals surface area contributed by atoms with Crippen LogP contribution in [0.3, 0.4) is 0 Å². The van der Waals surface area contributed by atoms with Crippen LogP contribution in [-0.4, -0.2) is 29.8 Å². The van der Waals surface area contributed by atoms with E-state index < -0.39 is 5.97 Å². The van der Waals surface area contributed by atoms with Crippen LogP contribution >= 0.6 is 0 Å². The van der Waals surface area contributed by atoms with Crippen LogP contribution in [0.1, 0.15) is 32.6 Å². The number of ketones is 1. The van der Waals surface area contributed by atoms with E-state index in [0.717, 1.165) is 0 Å². The second-order valence-corrected chi connectivity index (χ2v) is 3.45. The van der Waals surface area contributed by atoms with Gasteiger partial charge >= 0.3 is 5.97 Å². The van der Waals surface area contributed by atoms with Crippen molar-refractivity contribution in [1.82, 2.24) is 5.32 Å². The number of carbonyl (C=O) groups excluding carboxylic acids is 2. The lowest BCUT2D eigenvalue weighted by atomic mass is 9.94. The zero-order chi connectivity index (χ0) is 11.8. The minimum Gasteiger partial charge on any atom is -0.481 e. The lowest BCUT2D eigenvalue weighted by molar-refractivity contribution is -0.137. The fourth-order valence-corrected chi connectivity index (χ4v) is 1.28. The van der Waals surface area contributed by atoms with Crippen LogP contribution in [0.15, 0.2) is 0 Å². The van der Waals surface area contributed by atoms with Crippen LogP contribution in [0, 0.1) is 5.92 Å². The second-order valence-electron chi connectivity index (χ2n) is 3.45. The largest absolute Gasteiger partial charge is 0.481 e. The number of carboxylic acids is 1. The van der Waals surface area contributed by atoms with E-state index in [4.69, 9.17) is 5.11 Å². The Labute approximate surface area is 88.9 Å². The Hall–Kier alpha value is -1.39. The molecule has 0 aromatic carbocycles. The average molecular weight is 215 g/mol. The van der Waals surface area contributed by atoms with Crippen LogP contribution in [0.5, 0.6) is 0 Å². The van der Waals surface area contributed by atoms with Crippen molar-refractivity contribution in [2.75, 3.05) is 7.05 Å². The molecule has 0 aliphatic carbocycles. The molecule has 0 saturated carbocycles. The molecule has 5 nitrogen and oxygen atoms in total. The van der Waals surface area contributed by atoms with Crippen molar-refractivity contribution in [3.63, 3.8) is 0 Å². The fourth-order valence-electron chi connectivity index (χ4n) is 1.28. The van der Waals surface area contributed by atoms with Gasteiger partial charge in [0.25, 0.3) is 0 Å². The summed E-state index contributed by atoms with van der Waals surface area (Å²) in [6.45, 7) is 1.43. The Morgan fingerprint density at radius 3 is 2.13 bits per heavy atom. The number of Topliss-reactive ketones (excluding diaryl/α,β-unsaturated/α-hetero) is 1. The predicted octanol–water partition coefficient (Wildman–Crippen LogP) is 0.583. The molecule has 0 fully saturated rings. The molecule has 0 radical (unpaired) electrons. The van der Waals surface area contributed by atoms with E-state index in [9.17, 15) is 14.4 Å². The van der Waals surface area contributed by atoms with Gasteiger partial charge < -0.3 is 10.4 Å². The highest BCUT2D eigenvalue weighted by molar-refractivity contribution is 5.80. The number of nitrogens with one attached hydrogen (secondary N) is 1. The first kappa shape index (κ1) is 13.6. The first-order valence-corrected chi connectivity index (χ1v) is 4.90. The van der Waals surface area contributed by atoms with Gasteiger partial charge in [0, 0.05) is 25.8 Å². The van der Waals surface area contributed by atoms with Crippen molar-refractivity contribution in [2.24, 2.45) is 5.92 Å². The molecule has 0 aliphatic rings. The first-order chi connectivity index (χ1) is 6.97. The molecule has 0 rings (SSSR count). The van der Waals surface area contributed by atoms with Crippen molar-refractivity contribution in [3.05, 3.63) is 0 Å². The average Bonchev–Trinajstić information content (AvgIpc) is 2.16. The molecule has 0 heterocycles. The van der Waals surface area contributed by atoms with Crippen molar-refractivity contribution in [1.29, 1.82) is 0 Å². The molecule has 2 N–H and O–H groups in total. The summed E-state index contributed by atoms with van der Waals surface area (Å²) in [6.07, 6.45) is 0.961. The molecule has 15 heavy (non-hydrogen) atoms. The van der Waals surface area contributed by atoms with Gasteiger partial charge in [-0.1, -0.05) is 0 Å². The van der Waals surface area contributed by atoms with Gasteiger partial charge in [-0.2, -0.15) is 0 Å². The topological polar surface area (TPSA) is 83.5 Å². The van der Waals surface area contributed by atoms with E-state index in [1.165, 1.54) is 14.0 Å². The maximum absolute atomic E-state index is 11.1. The molecule has 1 unspecified atom stereocenters. The van der Waals surface area contributed by atoms with E-state index in [-0.39, 0.29) is 30.4 Å². The van der Waals surface area contributed by atoms with Gasteiger partial charge in [0.2, 0.25) is 5.91 Å². The van der Waals surface area contributed by atoms with E-state index in [0.29, 0.717) is 12.8 Å². The quantitative estimate of drug-likeness (QED) is 0.650. The minimum atomic E-state index is -0.916. The second kappa shape index (κ2) is 6.98. The third-order valence-electron chi connectivity index (χ3n) is 2.28. The fraction of sp³-hybridized carbons (Fsp3) is 0.700. The zero-order valence-electron chi connectivity index (χ0n) is 9.08. The molecule has 0 aromatic heterocycles. The van der Waals surface area contributed by atoms with Crippen LogP contribution in [-0.2, 0) is 14.4 Å². The third-order valence-corrected chi connectivity index (χ3v) is 2.28. The number of hydrogen-bond acceptors (Lipinski definition) is 3. The lowest BCUT2D eigenvalue weighted by Crippen LogP contribution is -2.21. The number of hydrogen-bond donors (Lipinski definition) is 2. The molecule has 1 atom stereocenters. The summed E-state index contributed by atoms with van der Waals surface area (Å²) in [5, 5.41) is 10.9. The van der Waals surface area contributed by atoms with Gasteiger partial charge in [-0.25, -0.2) is 0 Å². The number of carboxylic acid groups (broad SMARTS) is 1. The highest BCUT2D eigenvalue weighted by Crippen LogP contribution is 2.14. The van der Waals surface area contributed by atoms with E-state index in [2.05, 4.69) is 5.32 Å². The van der Waals surface area contributed by atoms with Gasteiger partial charge in [-0.05, 0) is 19.8 Å². The SMILES string of the molecule is CNC(=O)CCC(CCC(=O)O)C(C)=O. The van der Waals surface area contributed by atoms with E-state index >= 15 is 0 Å². The normalized spacial score (nSPS) is 11.9. The van der Waals surface area contributed by atoms with Crippen LogP contribution < -0.4 is 5.32 Å². The first-order valence-electron chi connectivity index (χ1n) is 4.90. The van der Waals surface area contributed by atoms with Gasteiger partial charge in [-0.15, -0.1) is 0 Å². The lowest BCUT2D eigenvalue weighted by Gasteiger charge is -2.11. The summed E-state index contributed by atoms with van der Waals surface area (Å²) < 4.78 is 0. The summed E-state index contributed by atoms with van der Waals surface area (Å²) in [5.41, 5.74) is 0. The molecule has 0 aromatic rings. The van der Waals surface area contributed by atoms with Crippen molar-refractivity contribution >= 4 is 17.7 Å². The highest BCUT2D eigenvalue weighted by atomic mass is 16.4. The summed E-state index contributed by atoms with van der Waals surface area (Å²) in [7, 11) is 1.53. The third kappa shape index (κ3) is 6.65. The summed E-state index contributed by atoms with van der Waals surface area (Å²) >= 11 is 0. The van der Waals surface area contributed by atoms with Crippen LogP contribution in [0.4, 0.5) is 0 Å². The number of rotatable bonds is 7. The maximum Gasteiger partial charge on any atom is 0.303 e. The Balaban J connectivity index is 3.99. The van der Waals surface area contributed by atoms with Gasteiger partial charge in [-0.3, -0.25) is 14.4 Å². The van der Waals surface area contributed by atoms with Crippen LogP contribution in [0.2, 0.25) is 0 Å². The van der Waals surface area contributed by atoms with E-state index in [1.807, 2.05) is 0 Å². The summed E-state index contributed by atoms with van der Waals surface area (Å²) in [6, 6.07) is 0. The summed E-state index contributed by atoms with van der Waals surface area (Å²) in [5.74, 6) is -1.42. The molecule has 0 spiro atoms. The molecule has 5 heteroatoms. The van der Waals surface area contributed by atoms with Gasteiger partial charge in [0.15, 0.2) is 0 Å². The Morgan fingerprint density at radius 2 is 1.73 bits per heavy atom. The monoisotopic (exact) mass is 215 g/mol. The molecule has 0 aliphatic heterocycles. The predicted molar refractivity (Wildman–Crippen MR) is 54.3 cm³/mol. The van der Waals surface area contributed by atoms with Gasteiger partial charge in [0.1, 0.15) is 5.78 Å². The molecule has 0 saturated heterocycles. The smallest absolute Gasteiger partial charge is 0.303 e. The standard InChI is InChI=1S/C10H17NO4/c1-7(12)8(4-6-10(14)15)3-5-9(13)11-2/h8H,3-6H2,1-2H3,(H,11,13)(H,14,15). The number of amides is 1. The number of carbonyl (C=O) groups is 3. The van der Waals surface area contributed by atoms with Crippen molar-refractivity contribution in [2.45, 2.75) is 32.6 Å². The Bertz CT molecular complexity index is 250. The van der Waals surface area contributed by atoms with Crippen molar-refractivity contribution in [3.8, 4) is 0 Å². The van der Waals surface area contributed by atoms with E-state index in [1.54, 1.807) is 0 Å². The summed E-state index contributed by atoms with van der Waals surface area (Å²) in [4.78, 5) is 32.4. The molecule has 0 bridgehead atoms. The molecular formula is C10H17NO4. The molecule has 1 amide bonds. The molecular weight excluding hydrogens is 198 g/mol. The Kier molecular flexibility index (Phi) is 6.33.